The first kappa shape index (κ1) is 14.7. The zero-order valence-electron chi connectivity index (χ0n) is 12.7. The lowest BCUT2D eigenvalue weighted by Crippen LogP contribution is -2.36. The van der Waals surface area contributed by atoms with E-state index in [1.165, 1.54) is 17.7 Å². The fourth-order valence-corrected chi connectivity index (χ4v) is 2.37. The maximum absolute atomic E-state index is 11.9. The summed E-state index contributed by atoms with van der Waals surface area (Å²) in [5.74, 6) is 0.559. The standard InChI is InChI=1S/C16H25N3O/c1-12(2)10-18-16(20)11-19(3)14-7-6-13-5-4-8-17-15(13)9-14/h6-7,9,12,17H,4-5,8,10-11H2,1-3H3,(H,18,20). The minimum absolute atomic E-state index is 0.0758. The Morgan fingerprint density at radius 1 is 1.45 bits per heavy atom. The van der Waals surface area contributed by atoms with Crippen LogP contribution in [-0.4, -0.2) is 32.6 Å². The van der Waals surface area contributed by atoms with Crippen LogP contribution in [0, 0.1) is 5.92 Å². The van der Waals surface area contributed by atoms with E-state index in [4.69, 9.17) is 0 Å². The molecular weight excluding hydrogens is 250 g/mol. The second-order valence-electron chi connectivity index (χ2n) is 5.93. The van der Waals surface area contributed by atoms with Gasteiger partial charge in [0.25, 0.3) is 0 Å². The van der Waals surface area contributed by atoms with Crippen LogP contribution in [0.4, 0.5) is 11.4 Å². The van der Waals surface area contributed by atoms with Crippen LogP contribution in [0.1, 0.15) is 25.8 Å². The largest absolute Gasteiger partial charge is 0.385 e. The van der Waals surface area contributed by atoms with Crippen molar-refractivity contribution in [2.24, 2.45) is 5.92 Å². The maximum atomic E-state index is 11.9. The van der Waals surface area contributed by atoms with Crippen LogP contribution in [-0.2, 0) is 11.2 Å². The van der Waals surface area contributed by atoms with Crippen LogP contribution in [0.2, 0.25) is 0 Å². The van der Waals surface area contributed by atoms with Gasteiger partial charge in [0.05, 0.1) is 6.54 Å². The second-order valence-corrected chi connectivity index (χ2v) is 5.93. The van der Waals surface area contributed by atoms with E-state index in [1.807, 2.05) is 11.9 Å². The third-order valence-corrected chi connectivity index (χ3v) is 3.56. The molecule has 20 heavy (non-hydrogen) atoms. The number of hydrogen-bond donors (Lipinski definition) is 2. The number of likely N-dealkylation sites (N-methyl/N-ethyl adjacent to an activating group) is 1. The number of aryl methyl sites for hydroxylation is 1. The van der Waals surface area contributed by atoms with Gasteiger partial charge in [-0.1, -0.05) is 19.9 Å². The highest BCUT2D eigenvalue weighted by Crippen LogP contribution is 2.26. The molecule has 110 valence electrons. The summed E-state index contributed by atoms with van der Waals surface area (Å²) < 4.78 is 0. The van der Waals surface area contributed by atoms with Crippen molar-refractivity contribution in [1.29, 1.82) is 0 Å². The molecule has 4 nitrogen and oxygen atoms in total. The average Bonchev–Trinajstić information content (AvgIpc) is 2.44. The van der Waals surface area contributed by atoms with E-state index in [1.54, 1.807) is 0 Å². The summed E-state index contributed by atoms with van der Waals surface area (Å²) in [4.78, 5) is 13.8. The highest BCUT2D eigenvalue weighted by Gasteiger charge is 2.12. The zero-order chi connectivity index (χ0) is 14.5. The van der Waals surface area contributed by atoms with Gasteiger partial charge in [0.2, 0.25) is 5.91 Å². The van der Waals surface area contributed by atoms with E-state index in [2.05, 4.69) is 42.7 Å². The molecule has 0 radical (unpaired) electrons. The minimum atomic E-state index is 0.0758. The van der Waals surface area contributed by atoms with Crippen molar-refractivity contribution in [1.82, 2.24) is 5.32 Å². The maximum Gasteiger partial charge on any atom is 0.239 e. The molecule has 1 aliphatic rings. The number of hydrogen-bond acceptors (Lipinski definition) is 3. The van der Waals surface area contributed by atoms with Crippen molar-refractivity contribution in [2.75, 3.05) is 36.9 Å². The Morgan fingerprint density at radius 2 is 2.25 bits per heavy atom. The number of carbonyl (C=O) groups is 1. The lowest BCUT2D eigenvalue weighted by atomic mass is 10.0. The molecule has 1 amide bonds. The predicted octanol–water partition coefficient (Wildman–Crippen LogP) is 2.25. The molecule has 1 aromatic carbocycles. The third kappa shape index (κ3) is 3.89. The lowest BCUT2D eigenvalue weighted by Gasteiger charge is -2.23. The Bertz CT molecular complexity index is 471. The molecule has 1 heterocycles. The van der Waals surface area contributed by atoms with Crippen LogP contribution in [0.5, 0.6) is 0 Å². The van der Waals surface area contributed by atoms with Crippen molar-refractivity contribution >= 4 is 17.3 Å². The lowest BCUT2D eigenvalue weighted by molar-refractivity contribution is -0.119. The molecule has 0 aliphatic carbocycles. The molecular formula is C16H25N3O. The Hall–Kier alpha value is -1.71. The number of rotatable bonds is 5. The Kier molecular flexibility index (Phi) is 4.88. The zero-order valence-corrected chi connectivity index (χ0v) is 12.7. The Morgan fingerprint density at radius 3 is 3.00 bits per heavy atom. The monoisotopic (exact) mass is 275 g/mol. The molecule has 0 unspecified atom stereocenters. The Labute approximate surface area is 121 Å². The van der Waals surface area contributed by atoms with Gasteiger partial charge in [0.1, 0.15) is 0 Å². The molecule has 0 aromatic heterocycles. The second kappa shape index (κ2) is 6.64. The first-order valence-electron chi connectivity index (χ1n) is 7.41. The minimum Gasteiger partial charge on any atom is -0.385 e. The Balaban J connectivity index is 1.95. The molecule has 0 saturated carbocycles. The van der Waals surface area contributed by atoms with E-state index in [0.717, 1.165) is 25.2 Å². The molecule has 0 atom stereocenters. The summed E-state index contributed by atoms with van der Waals surface area (Å²) in [6, 6.07) is 6.41. The molecule has 2 rings (SSSR count). The number of fused-ring (bicyclic) bond motifs is 1. The summed E-state index contributed by atoms with van der Waals surface area (Å²) in [6.07, 6.45) is 2.33. The van der Waals surface area contributed by atoms with Crippen molar-refractivity contribution in [3.8, 4) is 0 Å². The quantitative estimate of drug-likeness (QED) is 0.866. The van der Waals surface area contributed by atoms with E-state index in [9.17, 15) is 4.79 Å². The van der Waals surface area contributed by atoms with Crippen LogP contribution < -0.4 is 15.5 Å². The molecule has 1 aliphatic heterocycles. The van der Waals surface area contributed by atoms with E-state index in [-0.39, 0.29) is 5.91 Å². The molecule has 0 bridgehead atoms. The molecule has 0 fully saturated rings. The van der Waals surface area contributed by atoms with Crippen molar-refractivity contribution < 1.29 is 4.79 Å². The van der Waals surface area contributed by atoms with Crippen LogP contribution in [0.15, 0.2) is 18.2 Å². The average molecular weight is 275 g/mol. The molecule has 4 heteroatoms. The molecule has 1 aromatic rings. The fourth-order valence-electron chi connectivity index (χ4n) is 2.37. The predicted molar refractivity (Wildman–Crippen MR) is 84.4 cm³/mol. The van der Waals surface area contributed by atoms with Gasteiger partial charge in [-0.2, -0.15) is 0 Å². The number of anilines is 2. The van der Waals surface area contributed by atoms with Gasteiger partial charge in [-0.3, -0.25) is 4.79 Å². The van der Waals surface area contributed by atoms with E-state index >= 15 is 0 Å². The third-order valence-electron chi connectivity index (χ3n) is 3.56. The number of nitrogens with one attached hydrogen (secondary N) is 2. The van der Waals surface area contributed by atoms with Gasteiger partial charge >= 0.3 is 0 Å². The number of amides is 1. The number of benzene rings is 1. The highest BCUT2D eigenvalue weighted by atomic mass is 16.2. The van der Waals surface area contributed by atoms with E-state index < -0.39 is 0 Å². The van der Waals surface area contributed by atoms with Crippen molar-refractivity contribution in [2.45, 2.75) is 26.7 Å². The first-order chi connectivity index (χ1) is 9.56. The summed E-state index contributed by atoms with van der Waals surface area (Å²) in [7, 11) is 1.96. The van der Waals surface area contributed by atoms with Crippen molar-refractivity contribution in [3.63, 3.8) is 0 Å². The van der Waals surface area contributed by atoms with Gasteiger partial charge in [0.15, 0.2) is 0 Å². The van der Waals surface area contributed by atoms with Gasteiger partial charge in [0, 0.05) is 31.5 Å². The number of nitrogens with zero attached hydrogens (tertiary/aromatic N) is 1. The van der Waals surface area contributed by atoms with Crippen LogP contribution in [0.3, 0.4) is 0 Å². The van der Waals surface area contributed by atoms with Gasteiger partial charge in [-0.05, 0) is 36.5 Å². The van der Waals surface area contributed by atoms with E-state index in [0.29, 0.717) is 12.5 Å². The molecule has 0 spiro atoms. The topological polar surface area (TPSA) is 44.4 Å². The summed E-state index contributed by atoms with van der Waals surface area (Å²) in [5, 5.41) is 6.37. The fraction of sp³-hybridized carbons (Fsp3) is 0.562. The van der Waals surface area contributed by atoms with Gasteiger partial charge in [-0.15, -0.1) is 0 Å². The SMILES string of the molecule is CC(C)CNC(=O)CN(C)c1ccc2c(c1)NCCC2. The summed E-state index contributed by atoms with van der Waals surface area (Å²) in [6.45, 7) is 6.36. The summed E-state index contributed by atoms with van der Waals surface area (Å²) in [5.41, 5.74) is 3.67. The van der Waals surface area contributed by atoms with Gasteiger partial charge in [-0.25, -0.2) is 0 Å². The van der Waals surface area contributed by atoms with Crippen molar-refractivity contribution in [3.05, 3.63) is 23.8 Å². The first-order valence-corrected chi connectivity index (χ1v) is 7.41. The number of carbonyl (C=O) groups excluding carboxylic acids is 1. The van der Waals surface area contributed by atoms with Gasteiger partial charge < -0.3 is 15.5 Å². The molecule has 2 N–H and O–H groups in total. The molecule has 0 saturated heterocycles. The smallest absolute Gasteiger partial charge is 0.239 e. The van der Waals surface area contributed by atoms with Crippen LogP contribution >= 0.6 is 0 Å². The normalized spacial score (nSPS) is 13.6. The van der Waals surface area contributed by atoms with Crippen LogP contribution in [0.25, 0.3) is 0 Å². The summed E-state index contributed by atoms with van der Waals surface area (Å²) >= 11 is 0. The highest BCUT2D eigenvalue weighted by molar-refractivity contribution is 5.81.